The van der Waals surface area contributed by atoms with Crippen LogP contribution in [0.3, 0.4) is 0 Å². The first-order valence-corrected chi connectivity index (χ1v) is 4.07. The minimum Gasteiger partial charge on any atom is -0.452 e. The molecule has 15 heavy (non-hydrogen) atoms. The standard InChI is InChI=1S/C6H4F2.C5H6O2/c7-5-3-1-2-4-6(5)8;1-3-5(2)7-4-6/h1-4H;1,4-5H,2H3. The van der Waals surface area contributed by atoms with Crippen LogP contribution in [0.1, 0.15) is 6.92 Å². The molecule has 0 fully saturated rings. The maximum Gasteiger partial charge on any atom is 0.294 e. The number of hydrogen-bond acceptors (Lipinski definition) is 2. The molecule has 0 aliphatic carbocycles. The molecule has 80 valence electrons. The van der Waals surface area contributed by atoms with Crippen molar-refractivity contribution in [2.24, 2.45) is 0 Å². The zero-order valence-corrected chi connectivity index (χ0v) is 8.11. The Balaban J connectivity index is 0.000000265. The topological polar surface area (TPSA) is 26.3 Å². The second-order valence-corrected chi connectivity index (χ2v) is 2.46. The lowest BCUT2D eigenvalue weighted by Gasteiger charge is -1.95. The normalized spacial score (nSPS) is 10.3. The molecule has 0 spiro atoms. The van der Waals surface area contributed by atoms with Crippen molar-refractivity contribution in [3.05, 3.63) is 35.9 Å². The van der Waals surface area contributed by atoms with Crippen molar-refractivity contribution in [3.63, 3.8) is 0 Å². The molecule has 0 saturated carbocycles. The lowest BCUT2D eigenvalue weighted by Crippen LogP contribution is -2.01. The quantitative estimate of drug-likeness (QED) is 0.554. The third-order valence-corrected chi connectivity index (χ3v) is 1.32. The Kier molecular flexibility index (Phi) is 6.56. The van der Waals surface area contributed by atoms with Crippen LogP contribution in [0, 0.1) is 24.0 Å². The maximum absolute atomic E-state index is 11.9. The van der Waals surface area contributed by atoms with Crippen LogP contribution in [0.2, 0.25) is 0 Å². The molecular weight excluding hydrogens is 202 g/mol. The largest absolute Gasteiger partial charge is 0.452 e. The summed E-state index contributed by atoms with van der Waals surface area (Å²) in [5.74, 6) is 0.615. The monoisotopic (exact) mass is 212 g/mol. The van der Waals surface area contributed by atoms with E-state index in [0.717, 1.165) is 12.1 Å². The highest BCUT2D eigenvalue weighted by molar-refractivity contribution is 5.38. The number of carbonyl (C=O) groups excluding carboxylic acids is 1. The van der Waals surface area contributed by atoms with Crippen LogP contribution in [-0.2, 0) is 9.53 Å². The van der Waals surface area contributed by atoms with Gasteiger partial charge in [-0.2, -0.15) is 0 Å². The van der Waals surface area contributed by atoms with Gasteiger partial charge in [0.05, 0.1) is 0 Å². The molecule has 1 aromatic carbocycles. The van der Waals surface area contributed by atoms with Crippen molar-refractivity contribution in [1.82, 2.24) is 0 Å². The van der Waals surface area contributed by atoms with Gasteiger partial charge in [-0.05, 0) is 19.1 Å². The summed E-state index contributed by atoms with van der Waals surface area (Å²) in [5, 5.41) is 0. The maximum atomic E-state index is 11.9. The summed E-state index contributed by atoms with van der Waals surface area (Å²) < 4.78 is 28.2. The molecule has 0 radical (unpaired) electrons. The third kappa shape index (κ3) is 6.22. The van der Waals surface area contributed by atoms with Crippen molar-refractivity contribution < 1.29 is 18.3 Å². The molecule has 0 heterocycles. The molecule has 1 rings (SSSR count). The number of terminal acetylenes is 1. The lowest BCUT2D eigenvalue weighted by atomic mass is 10.3. The fraction of sp³-hybridized carbons (Fsp3) is 0.182. The molecular formula is C11H10F2O2. The van der Waals surface area contributed by atoms with E-state index in [1.807, 2.05) is 0 Å². The van der Waals surface area contributed by atoms with Gasteiger partial charge >= 0.3 is 0 Å². The van der Waals surface area contributed by atoms with Gasteiger partial charge < -0.3 is 4.74 Å². The van der Waals surface area contributed by atoms with Crippen molar-refractivity contribution in [1.29, 1.82) is 0 Å². The molecule has 0 aromatic heterocycles. The van der Waals surface area contributed by atoms with E-state index in [0.29, 0.717) is 6.47 Å². The molecule has 1 unspecified atom stereocenters. The highest BCUT2D eigenvalue weighted by Crippen LogP contribution is 2.01. The van der Waals surface area contributed by atoms with E-state index >= 15 is 0 Å². The second kappa shape index (κ2) is 7.51. The molecule has 0 aliphatic rings. The van der Waals surface area contributed by atoms with E-state index < -0.39 is 17.7 Å². The molecule has 0 saturated heterocycles. The van der Waals surface area contributed by atoms with Crippen LogP contribution in [0.15, 0.2) is 24.3 Å². The molecule has 0 N–H and O–H groups in total. The summed E-state index contributed by atoms with van der Waals surface area (Å²) >= 11 is 0. The molecule has 1 aromatic rings. The molecule has 4 heteroatoms. The van der Waals surface area contributed by atoms with E-state index in [1.165, 1.54) is 12.1 Å². The van der Waals surface area contributed by atoms with Gasteiger partial charge in [0.25, 0.3) is 6.47 Å². The van der Waals surface area contributed by atoms with Gasteiger partial charge in [-0.25, -0.2) is 8.78 Å². The van der Waals surface area contributed by atoms with Gasteiger partial charge in [0.2, 0.25) is 0 Å². The zero-order chi connectivity index (χ0) is 11.7. The van der Waals surface area contributed by atoms with Crippen LogP contribution >= 0.6 is 0 Å². The van der Waals surface area contributed by atoms with Crippen LogP contribution in [0.5, 0.6) is 0 Å². The van der Waals surface area contributed by atoms with Gasteiger partial charge in [0.1, 0.15) is 0 Å². The van der Waals surface area contributed by atoms with Gasteiger partial charge in [-0.15, -0.1) is 6.42 Å². The van der Waals surface area contributed by atoms with Crippen molar-refractivity contribution in [2.45, 2.75) is 13.0 Å². The lowest BCUT2D eigenvalue weighted by molar-refractivity contribution is -0.130. The SMILES string of the molecule is C#CC(C)OC=O.Fc1ccccc1F. The van der Waals surface area contributed by atoms with Crippen molar-refractivity contribution in [2.75, 3.05) is 0 Å². The summed E-state index contributed by atoms with van der Waals surface area (Å²) in [7, 11) is 0. The van der Waals surface area contributed by atoms with Gasteiger partial charge in [0.15, 0.2) is 17.7 Å². The van der Waals surface area contributed by atoms with E-state index in [4.69, 9.17) is 6.42 Å². The Morgan fingerprint density at radius 2 is 1.87 bits per heavy atom. The molecule has 1 atom stereocenters. The minimum atomic E-state index is -0.799. The number of rotatable bonds is 2. The highest BCUT2D eigenvalue weighted by atomic mass is 19.2. The minimum absolute atomic E-state index is 0.338. The van der Waals surface area contributed by atoms with Crippen LogP contribution in [-0.4, -0.2) is 12.6 Å². The van der Waals surface area contributed by atoms with E-state index in [2.05, 4.69) is 10.7 Å². The first kappa shape index (κ1) is 13.1. The average molecular weight is 212 g/mol. The summed E-state index contributed by atoms with van der Waals surface area (Å²) in [6, 6.07) is 5.04. The Hall–Kier alpha value is -1.89. The fourth-order valence-electron chi connectivity index (χ4n) is 0.562. The number of carbonyl (C=O) groups is 1. The van der Waals surface area contributed by atoms with Gasteiger partial charge in [-0.1, -0.05) is 18.1 Å². The number of ether oxygens (including phenoxy) is 1. The smallest absolute Gasteiger partial charge is 0.294 e. The summed E-state index contributed by atoms with van der Waals surface area (Å²) in [6.07, 6.45) is 4.43. The fourth-order valence-corrected chi connectivity index (χ4v) is 0.562. The molecule has 0 bridgehead atoms. The van der Waals surface area contributed by atoms with Crippen molar-refractivity contribution in [3.8, 4) is 12.3 Å². The first-order valence-electron chi connectivity index (χ1n) is 4.07. The average Bonchev–Trinajstić information content (AvgIpc) is 2.24. The van der Waals surface area contributed by atoms with E-state index in [9.17, 15) is 13.6 Å². The van der Waals surface area contributed by atoms with E-state index in [1.54, 1.807) is 6.92 Å². The summed E-state index contributed by atoms with van der Waals surface area (Å²) in [5.41, 5.74) is 0. The van der Waals surface area contributed by atoms with Gasteiger partial charge in [-0.3, -0.25) is 4.79 Å². The molecule has 2 nitrogen and oxygen atoms in total. The number of benzene rings is 1. The van der Waals surface area contributed by atoms with Crippen LogP contribution in [0.25, 0.3) is 0 Å². The Morgan fingerprint density at radius 3 is 2.07 bits per heavy atom. The Labute approximate surface area is 86.9 Å². The number of hydrogen-bond donors (Lipinski definition) is 0. The first-order chi connectivity index (χ1) is 7.11. The Morgan fingerprint density at radius 1 is 1.40 bits per heavy atom. The predicted molar refractivity (Wildman–Crippen MR) is 51.8 cm³/mol. The summed E-state index contributed by atoms with van der Waals surface area (Å²) in [6.45, 7) is 1.96. The number of halogens is 2. The Bertz CT molecular complexity index is 324. The second-order valence-electron chi connectivity index (χ2n) is 2.46. The van der Waals surface area contributed by atoms with Crippen LogP contribution in [0.4, 0.5) is 8.78 Å². The molecule has 0 aliphatic heterocycles. The highest BCUT2D eigenvalue weighted by Gasteiger charge is 1.93. The van der Waals surface area contributed by atoms with Crippen LogP contribution < -0.4 is 0 Å². The molecule has 0 amide bonds. The third-order valence-electron chi connectivity index (χ3n) is 1.32. The zero-order valence-electron chi connectivity index (χ0n) is 8.11. The van der Waals surface area contributed by atoms with Crippen molar-refractivity contribution >= 4 is 6.47 Å². The van der Waals surface area contributed by atoms with E-state index in [-0.39, 0.29) is 0 Å². The summed E-state index contributed by atoms with van der Waals surface area (Å²) in [4.78, 5) is 9.46. The van der Waals surface area contributed by atoms with Gasteiger partial charge in [0, 0.05) is 0 Å². The predicted octanol–water partition coefficient (Wildman–Crippen LogP) is 2.15.